The van der Waals surface area contributed by atoms with Gasteiger partial charge in [0.05, 0.1) is 19.2 Å². The number of nitrogens with one attached hydrogen (secondary N) is 1. The minimum Gasteiger partial charge on any atom is -0.465 e. The monoisotopic (exact) mass is 391 g/mol. The van der Waals surface area contributed by atoms with E-state index in [-0.39, 0.29) is 11.9 Å². The third-order valence-electron chi connectivity index (χ3n) is 4.62. The lowest BCUT2D eigenvalue weighted by atomic mass is 10.1. The summed E-state index contributed by atoms with van der Waals surface area (Å²) >= 11 is 0. The first-order valence-electron chi connectivity index (χ1n) is 9.71. The Morgan fingerprint density at radius 3 is 2.45 bits per heavy atom. The predicted octanol–water partition coefficient (Wildman–Crippen LogP) is 4.31. The quantitative estimate of drug-likeness (QED) is 0.581. The van der Waals surface area contributed by atoms with Crippen LogP contribution in [-0.2, 0) is 17.7 Å². The highest BCUT2D eigenvalue weighted by atomic mass is 16.5. The topological polar surface area (TPSA) is 73.2 Å². The first-order chi connectivity index (χ1) is 14.1. The number of carbonyl (C=O) groups is 2. The number of rotatable bonds is 8. The number of aromatic nitrogens is 2. The Morgan fingerprint density at radius 1 is 1.07 bits per heavy atom. The molecule has 0 aliphatic heterocycles. The van der Waals surface area contributed by atoms with Crippen molar-refractivity contribution in [1.82, 2.24) is 9.78 Å². The van der Waals surface area contributed by atoms with Crippen LogP contribution in [0.15, 0.2) is 60.7 Å². The van der Waals surface area contributed by atoms with Crippen LogP contribution in [0.2, 0.25) is 0 Å². The largest absolute Gasteiger partial charge is 0.465 e. The Labute approximate surface area is 170 Å². The van der Waals surface area contributed by atoms with Crippen LogP contribution >= 0.6 is 0 Å². The summed E-state index contributed by atoms with van der Waals surface area (Å²) < 4.78 is 6.60. The average Bonchev–Trinajstić information content (AvgIpc) is 3.15. The highest BCUT2D eigenvalue weighted by Gasteiger charge is 2.15. The molecule has 0 saturated carbocycles. The summed E-state index contributed by atoms with van der Waals surface area (Å²) in [7, 11) is 1.36. The van der Waals surface area contributed by atoms with Crippen LogP contribution in [0.5, 0.6) is 0 Å². The van der Waals surface area contributed by atoms with Crippen LogP contribution in [0.4, 0.5) is 5.69 Å². The van der Waals surface area contributed by atoms with Crippen LogP contribution in [0, 0.1) is 0 Å². The lowest BCUT2D eigenvalue weighted by Gasteiger charge is -2.08. The number of para-hydroxylation sites is 1. The second-order valence-electron chi connectivity index (χ2n) is 6.79. The van der Waals surface area contributed by atoms with Crippen molar-refractivity contribution in [3.63, 3.8) is 0 Å². The molecule has 0 aliphatic rings. The summed E-state index contributed by atoms with van der Waals surface area (Å²) in [4.78, 5) is 24.2. The number of anilines is 1. The zero-order chi connectivity index (χ0) is 20.6. The van der Waals surface area contributed by atoms with E-state index in [0.29, 0.717) is 17.8 Å². The summed E-state index contributed by atoms with van der Waals surface area (Å²) in [5.41, 5.74) is 3.65. The van der Waals surface area contributed by atoms with Gasteiger partial charge in [0.25, 0.3) is 5.91 Å². The van der Waals surface area contributed by atoms with Crippen molar-refractivity contribution in [3.8, 4) is 0 Å². The lowest BCUT2D eigenvalue weighted by Crippen LogP contribution is -2.13. The van der Waals surface area contributed by atoms with Crippen molar-refractivity contribution < 1.29 is 14.3 Å². The van der Waals surface area contributed by atoms with E-state index in [2.05, 4.69) is 17.3 Å². The molecule has 29 heavy (non-hydrogen) atoms. The van der Waals surface area contributed by atoms with Crippen molar-refractivity contribution in [2.24, 2.45) is 0 Å². The molecule has 1 amide bonds. The van der Waals surface area contributed by atoms with Gasteiger partial charge in [-0.1, -0.05) is 43.7 Å². The number of benzene rings is 2. The lowest BCUT2D eigenvalue weighted by molar-refractivity contribution is 0.0600. The van der Waals surface area contributed by atoms with Gasteiger partial charge in [0, 0.05) is 11.4 Å². The first kappa shape index (κ1) is 20.3. The van der Waals surface area contributed by atoms with Crippen LogP contribution < -0.4 is 5.32 Å². The van der Waals surface area contributed by atoms with Gasteiger partial charge in [-0.2, -0.15) is 5.10 Å². The molecule has 1 aromatic heterocycles. The number of amides is 1. The van der Waals surface area contributed by atoms with Crippen molar-refractivity contribution in [1.29, 1.82) is 0 Å². The molecule has 0 fully saturated rings. The van der Waals surface area contributed by atoms with E-state index in [1.54, 1.807) is 12.1 Å². The molecule has 3 aromatic rings. The normalized spacial score (nSPS) is 10.6. The summed E-state index contributed by atoms with van der Waals surface area (Å²) in [6, 6.07) is 18.4. The van der Waals surface area contributed by atoms with Gasteiger partial charge in [0.1, 0.15) is 0 Å². The minimum absolute atomic E-state index is 0.228. The van der Waals surface area contributed by atoms with E-state index in [4.69, 9.17) is 4.74 Å². The van der Waals surface area contributed by atoms with Crippen molar-refractivity contribution in [2.45, 2.75) is 32.7 Å². The van der Waals surface area contributed by atoms with Gasteiger partial charge in [0.15, 0.2) is 5.69 Å². The molecule has 150 valence electrons. The number of carbonyl (C=O) groups excluding carboxylic acids is 2. The molecule has 6 heteroatoms. The molecule has 0 bridgehead atoms. The zero-order valence-electron chi connectivity index (χ0n) is 16.7. The second-order valence-corrected chi connectivity index (χ2v) is 6.79. The summed E-state index contributed by atoms with van der Waals surface area (Å²) in [6.07, 6.45) is 2.93. The van der Waals surface area contributed by atoms with E-state index >= 15 is 0 Å². The molecule has 0 radical (unpaired) electrons. The minimum atomic E-state index is -0.362. The Bertz CT molecular complexity index is 963. The van der Waals surface area contributed by atoms with E-state index in [0.717, 1.165) is 36.2 Å². The van der Waals surface area contributed by atoms with E-state index in [9.17, 15) is 9.59 Å². The molecule has 1 heterocycles. The molecule has 0 atom stereocenters. The number of nitrogens with zero attached hydrogens (tertiary/aromatic N) is 2. The van der Waals surface area contributed by atoms with E-state index in [1.807, 2.05) is 53.2 Å². The molecular formula is C23H25N3O3. The first-order valence-corrected chi connectivity index (χ1v) is 9.71. The van der Waals surface area contributed by atoms with Crippen LogP contribution in [0.1, 0.15) is 51.9 Å². The van der Waals surface area contributed by atoms with Gasteiger partial charge in [-0.25, -0.2) is 4.79 Å². The number of hydrogen-bond acceptors (Lipinski definition) is 4. The molecule has 3 rings (SSSR count). The van der Waals surface area contributed by atoms with Gasteiger partial charge >= 0.3 is 5.97 Å². The number of esters is 1. The number of aryl methyl sites for hydroxylation is 1. The van der Waals surface area contributed by atoms with E-state index in [1.165, 1.54) is 7.11 Å². The summed E-state index contributed by atoms with van der Waals surface area (Å²) in [5, 5.41) is 7.42. The van der Waals surface area contributed by atoms with Crippen molar-refractivity contribution >= 4 is 17.6 Å². The third kappa shape index (κ3) is 5.31. The molecule has 0 saturated heterocycles. The van der Waals surface area contributed by atoms with Gasteiger partial charge < -0.3 is 10.1 Å². The zero-order valence-corrected chi connectivity index (χ0v) is 16.7. The standard InChI is InChI=1S/C23H25N3O3/c1-3-4-10-20-15-21(22(27)24-19-8-6-5-7-9-19)25-26(20)16-17-11-13-18(14-12-17)23(28)29-2/h5-9,11-15H,3-4,10,16H2,1-2H3,(H,24,27). The number of hydrogen-bond donors (Lipinski definition) is 1. The van der Waals surface area contributed by atoms with Crippen molar-refractivity contribution in [3.05, 3.63) is 83.2 Å². The predicted molar refractivity (Wildman–Crippen MR) is 112 cm³/mol. The fourth-order valence-corrected chi connectivity index (χ4v) is 3.02. The molecule has 0 aliphatic carbocycles. The fourth-order valence-electron chi connectivity index (χ4n) is 3.02. The number of ether oxygens (including phenoxy) is 1. The maximum atomic E-state index is 12.6. The average molecular weight is 391 g/mol. The maximum absolute atomic E-state index is 12.6. The van der Waals surface area contributed by atoms with Crippen LogP contribution in [0.25, 0.3) is 0 Å². The summed E-state index contributed by atoms with van der Waals surface area (Å²) in [6.45, 7) is 2.66. The summed E-state index contributed by atoms with van der Waals surface area (Å²) in [5.74, 6) is -0.590. The molecule has 0 unspecified atom stereocenters. The Kier molecular flexibility index (Phi) is 6.79. The second kappa shape index (κ2) is 9.68. The van der Waals surface area contributed by atoms with Gasteiger partial charge in [-0.3, -0.25) is 9.48 Å². The van der Waals surface area contributed by atoms with Gasteiger partial charge in [-0.15, -0.1) is 0 Å². The third-order valence-corrected chi connectivity index (χ3v) is 4.62. The fraction of sp³-hybridized carbons (Fsp3) is 0.261. The molecule has 6 nitrogen and oxygen atoms in total. The Hall–Kier alpha value is -3.41. The van der Waals surface area contributed by atoms with Gasteiger partial charge in [-0.05, 0) is 48.7 Å². The number of methoxy groups -OCH3 is 1. The Morgan fingerprint density at radius 2 is 1.79 bits per heavy atom. The van der Waals surface area contributed by atoms with Gasteiger partial charge in [0.2, 0.25) is 0 Å². The van der Waals surface area contributed by atoms with Crippen LogP contribution in [-0.4, -0.2) is 28.8 Å². The van der Waals surface area contributed by atoms with Crippen LogP contribution in [0.3, 0.4) is 0 Å². The highest BCUT2D eigenvalue weighted by Crippen LogP contribution is 2.15. The molecular weight excluding hydrogens is 366 g/mol. The molecule has 1 N–H and O–H groups in total. The number of unbranched alkanes of at least 4 members (excludes halogenated alkanes) is 1. The van der Waals surface area contributed by atoms with E-state index < -0.39 is 0 Å². The molecule has 0 spiro atoms. The smallest absolute Gasteiger partial charge is 0.337 e. The van der Waals surface area contributed by atoms with Crippen molar-refractivity contribution in [2.75, 3.05) is 12.4 Å². The maximum Gasteiger partial charge on any atom is 0.337 e. The highest BCUT2D eigenvalue weighted by molar-refractivity contribution is 6.02. The SMILES string of the molecule is CCCCc1cc(C(=O)Nc2ccccc2)nn1Cc1ccc(C(=O)OC)cc1. The molecule has 2 aromatic carbocycles. The Balaban J connectivity index is 1.79.